The maximum atomic E-state index is 13.6. The van der Waals surface area contributed by atoms with E-state index in [1.165, 1.54) is 10.4 Å². The van der Waals surface area contributed by atoms with E-state index >= 15 is 0 Å². The topological polar surface area (TPSA) is 87.2 Å². The molecule has 2 aromatic carbocycles. The Bertz CT molecular complexity index is 1230. The standard InChI is InChI=1S/C29H38N2O5S/c1-21(2)10-9-13-25-14-15-28-26(16-25)36-27(22(3)18-31(23(4)20-32)37(28,34)35)19-30(5)29(33)17-24-11-7-6-8-12-24/h6-8,11-12,14-16,21-23,27,32H,10,17-20H2,1-5H3/t22-,23+,27+/m1/s1. The van der Waals surface area contributed by atoms with Gasteiger partial charge in [-0.25, -0.2) is 8.42 Å². The zero-order valence-electron chi connectivity index (χ0n) is 22.3. The van der Waals surface area contributed by atoms with Gasteiger partial charge in [0.2, 0.25) is 15.9 Å². The average Bonchev–Trinajstić information content (AvgIpc) is 2.86. The van der Waals surface area contributed by atoms with Gasteiger partial charge in [0, 0.05) is 37.5 Å². The highest BCUT2D eigenvalue weighted by atomic mass is 32.2. The van der Waals surface area contributed by atoms with Gasteiger partial charge in [0.05, 0.1) is 19.6 Å². The number of carbonyl (C=O) groups excluding carboxylic acids is 1. The number of carbonyl (C=O) groups is 1. The van der Waals surface area contributed by atoms with Gasteiger partial charge in [0.25, 0.3) is 0 Å². The third-order valence-corrected chi connectivity index (χ3v) is 8.51. The molecule has 1 N–H and O–H groups in total. The van der Waals surface area contributed by atoms with E-state index in [2.05, 4.69) is 25.7 Å². The van der Waals surface area contributed by atoms with E-state index in [1.807, 2.05) is 37.3 Å². The van der Waals surface area contributed by atoms with Gasteiger partial charge in [-0.05, 0) is 36.6 Å². The van der Waals surface area contributed by atoms with Gasteiger partial charge in [-0.2, -0.15) is 4.31 Å². The Morgan fingerprint density at radius 2 is 1.89 bits per heavy atom. The van der Waals surface area contributed by atoms with Gasteiger partial charge < -0.3 is 14.7 Å². The highest BCUT2D eigenvalue weighted by Crippen LogP contribution is 2.34. The first-order valence-electron chi connectivity index (χ1n) is 12.7. The summed E-state index contributed by atoms with van der Waals surface area (Å²) in [6, 6.07) is 13.8. The predicted octanol–water partition coefficient (Wildman–Crippen LogP) is 3.55. The first-order valence-corrected chi connectivity index (χ1v) is 14.2. The van der Waals surface area contributed by atoms with E-state index in [4.69, 9.17) is 4.74 Å². The molecule has 0 bridgehead atoms. The van der Waals surface area contributed by atoms with Crippen LogP contribution < -0.4 is 4.74 Å². The fraction of sp³-hybridized carbons (Fsp3) is 0.483. The Labute approximate surface area is 221 Å². The Morgan fingerprint density at radius 3 is 2.54 bits per heavy atom. The first-order chi connectivity index (χ1) is 17.5. The van der Waals surface area contributed by atoms with Gasteiger partial charge in [-0.3, -0.25) is 4.79 Å². The van der Waals surface area contributed by atoms with Crippen LogP contribution in [0.2, 0.25) is 0 Å². The summed E-state index contributed by atoms with van der Waals surface area (Å²) in [7, 11) is -2.19. The fourth-order valence-corrected chi connectivity index (χ4v) is 5.98. The molecule has 8 heteroatoms. The molecule has 0 saturated carbocycles. The molecule has 0 radical (unpaired) electrons. The number of benzene rings is 2. The molecular formula is C29H38N2O5S. The molecular weight excluding hydrogens is 488 g/mol. The minimum atomic E-state index is -3.93. The second kappa shape index (κ2) is 12.6. The zero-order valence-corrected chi connectivity index (χ0v) is 23.2. The Kier molecular flexibility index (Phi) is 9.77. The number of rotatable bonds is 7. The number of ether oxygens (including phenoxy) is 1. The number of aliphatic hydroxyl groups is 1. The molecule has 1 amide bonds. The number of sulfonamides is 1. The van der Waals surface area contributed by atoms with E-state index in [1.54, 1.807) is 31.0 Å². The number of aliphatic hydroxyl groups excluding tert-OH is 1. The number of amides is 1. The quantitative estimate of drug-likeness (QED) is 0.558. The third-order valence-electron chi connectivity index (χ3n) is 6.49. The molecule has 1 heterocycles. The molecule has 2 aromatic rings. The summed E-state index contributed by atoms with van der Waals surface area (Å²) in [5.41, 5.74) is 1.59. The summed E-state index contributed by atoms with van der Waals surface area (Å²) in [5.74, 6) is 6.58. The maximum absolute atomic E-state index is 13.6. The first kappa shape index (κ1) is 28.7. The Hall–Kier alpha value is -2.86. The van der Waals surface area contributed by atoms with Gasteiger partial charge in [0.1, 0.15) is 16.7 Å². The Balaban J connectivity index is 1.95. The van der Waals surface area contributed by atoms with E-state index in [0.717, 1.165) is 12.0 Å². The molecule has 3 rings (SSSR count). The van der Waals surface area contributed by atoms with Crippen LogP contribution in [0.1, 0.15) is 45.2 Å². The van der Waals surface area contributed by atoms with Crippen molar-refractivity contribution in [2.45, 2.75) is 57.6 Å². The number of nitrogens with zero attached hydrogens (tertiary/aromatic N) is 2. The number of fused-ring (bicyclic) bond motifs is 1. The maximum Gasteiger partial charge on any atom is 0.247 e. The fourth-order valence-electron chi connectivity index (χ4n) is 4.16. The second-order valence-electron chi connectivity index (χ2n) is 10.2. The monoisotopic (exact) mass is 526 g/mol. The summed E-state index contributed by atoms with van der Waals surface area (Å²) in [5, 5.41) is 9.82. The molecule has 0 saturated heterocycles. The lowest BCUT2D eigenvalue weighted by molar-refractivity contribution is -0.130. The summed E-state index contributed by atoms with van der Waals surface area (Å²) >= 11 is 0. The molecule has 0 aromatic heterocycles. The summed E-state index contributed by atoms with van der Waals surface area (Å²) in [6.45, 7) is 7.91. The minimum absolute atomic E-state index is 0.0392. The van der Waals surface area contributed by atoms with Crippen molar-refractivity contribution in [2.75, 3.05) is 26.7 Å². The largest absolute Gasteiger partial charge is 0.487 e. The summed E-state index contributed by atoms with van der Waals surface area (Å²) in [4.78, 5) is 14.6. The van der Waals surface area contributed by atoms with Gasteiger partial charge >= 0.3 is 0 Å². The van der Waals surface area contributed by atoms with Crippen LogP contribution >= 0.6 is 0 Å². The van der Waals surface area contributed by atoms with Gasteiger partial charge in [-0.1, -0.05) is 62.9 Å². The lowest BCUT2D eigenvalue weighted by Crippen LogP contribution is -2.50. The molecule has 7 nitrogen and oxygen atoms in total. The number of hydrogen-bond donors (Lipinski definition) is 1. The normalized spacial score (nSPS) is 20.0. The van der Waals surface area contributed by atoms with E-state index < -0.39 is 22.2 Å². The summed E-state index contributed by atoms with van der Waals surface area (Å²) in [6.07, 6.45) is 0.532. The van der Waals surface area contributed by atoms with Crippen molar-refractivity contribution in [3.63, 3.8) is 0 Å². The van der Waals surface area contributed by atoms with E-state index in [9.17, 15) is 18.3 Å². The molecule has 37 heavy (non-hydrogen) atoms. The van der Waals surface area contributed by atoms with Crippen molar-refractivity contribution in [3.8, 4) is 17.6 Å². The van der Waals surface area contributed by atoms with Crippen molar-refractivity contribution >= 4 is 15.9 Å². The zero-order chi connectivity index (χ0) is 27.2. The van der Waals surface area contributed by atoms with Crippen LogP contribution in [-0.4, -0.2) is 67.5 Å². The van der Waals surface area contributed by atoms with Crippen molar-refractivity contribution in [1.29, 1.82) is 0 Å². The van der Waals surface area contributed by atoms with Crippen molar-refractivity contribution in [3.05, 3.63) is 59.7 Å². The molecule has 0 fully saturated rings. The lowest BCUT2D eigenvalue weighted by Gasteiger charge is -2.37. The van der Waals surface area contributed by atoms with Crippen LogP contribution in [0.15, 0.2) is 53.4 Å². The van der Waals surface area contributed by atoms with Crippen LogP contribution in [0.5, 0.6) is 5.75 Å². The Morgan fingerprint density at radius 1 is 1.19 bits per heavy atom. The number of hydrogen-bond acceptors (Lipinski definition) is 5. The van der Waals surface area contributed by atoms with Crippen LogP contribution in [0, 0.1) is 23.7 Å². The van der Waals surface area contributed by atoms with E-state index in [0.29, 0.717) is 11.5 Å². The van der Waals surface area contributed by atoms with Crippen LogP contribution in [0.3, 0.4) is 0 Å². The molecule has 1 aliphatic rings. The molecule has 0 unspecified atom stereocenters. The highest BCUT2D eigenvalue weighted by molar-refractivity contribution is 7.89. The third kappa shape index (κ3) is 7.35. The van der Waals surface area contributed by atoms with Crippen LogP contribution in [0.25, 0.3) is 0 Å². The van der Waals surface area contributed by atoms with Crippen LogP contribution in [-0.2, 0) is 21.2 Å². The van der Waals surface area contributed by atoms with Crippen molar-refractivity contribution in [1.82, 2.24) is 9.21 Å². The molecule has 1 aliphatic heterocycles. The molecule has 0 aliphatic carbocycles. The smallest absolute Gasteiger partial charge is 0.247 e. The minimum Gasteiger partial charge on any atom is -0.487 e. The second-order valence-corrected chi connectivity index (χ2v) is 12.1. The highest BCUT2D eigenvalue weighted by Gasteiger charge is 2.38. The SMILES string of the molecule is CC(C)CC#Cc1ccc2c(c1)O[C@@H](CN(C)C(=O)Cc1ccccc1)[C@H](C)CN([C@@H](C)CO)S2(=O)=O. The van der Waals surface area contributed by atoms with Gasteiger partial charge in [-0.15, -0.1) is 0 Å². The van der Waals surface area contributed by atoms with Crippen molar-refractivity contribution < 1.29 is 23.1 Å². The van der Waals surface area contributed by atoms with E-state index in [-0.39, 0.29) is 48.6 Å². The number of likely N-dealkylation sites (N-methyl/N-ethyl adjacent to an activating group) is 1. The lowest BCUT2D eigenvalue weighted by atomic mass is 10.0. The molecule has 200 valence electrons. The van der Waals surface area contributed by atoms with Crippen LogP contribution in [0.4, 0.5) is 0 Å². The average molecular weight is 527 g/mol. The van der Waals surface area contributed by atoms with Gasteiger partial charge in [0.15, 0.2) is 0 Å². The molecule has 3 atom stereocenters. The summed E-state index contributed by atoms with van der Waals surface area (Å²) < 4.78 is 34.9. The predicted molar refractivity (Wildman–Crippen MR) is 145 cm³/mol. The van der Waals surface area contributed by atoms with Crippen molar-refractivity contribution in [2.24, 2.45) is 11.8 Å². The molecule has 0 spiro atoms.